The molecule has 5 nitrogen and oxygen atoms in total. The number of nitro groups is 1. The molecule has 0 aromatic heterocycles. The van der Waals surface area contributed by atoms with Crippen LogP contribution in [0.2, 0.25) is 10.0 Å². The minimum Gasteiger partial charge on any atom is -0.502 e. The summed E-state index contributed by atoms with van der Waals surface area (Å²) >= 11 is 13.1. The summed E-state index contributed by atoms with van der Waals surface area (Å²) in [4.78, 5) is 23.9. The van der Waals surface area contributed by atoms with Crippen LogP contribution >= 0.6 is 35.0 Å². The summed E-state index contributed by atoms with van der Waals surface area (Å²) in [5.74, 6) is -0.166. The summed E-state index contributed by atoms with van der Waals surface area (Å²) in [7, 11) is 0. The third kappa shape index (κ3) is 5.63. The molecule has 8 heteroatoms. The van der Waals surface area contributed by atoms with Crippen molar-refractivity contribution in [3.05, 3.63) is 108 Å². The summed E-state index contributed by atoms with van der Waals surface area (Å²) in [5.41, 5.74) is 1.42. The zero-order chi connectivity index (χ0) is 21.7. The van der Waals surface area contributed by atoms with Gasteiger partial charge in [-0.05, 0) is 59.7 Å². The van der Waals surface area contributed by atoms with Crippen LogP contribution in [0.15, 0.2) is 71.6 Å². The minimum atomic E-state index is -0.672. The summed E-state index contributed by atoms with van der Waals surface area (Å²) in [6.45, 7) is 0. The quantitative estimate of drug-likeness (QED) is 0.182. The van der Waals surface area contributed by atoms with Gasteiger partial charge in [-0.25, -0.2) is 0 Å². The Kier molecular flexibility index (Phi) is 7.15. The van der Waals surface area contributed by atoms with Crippen molar-refractivity contribution >= 4 is 52.5 Å². The highest BCUT2D eigenvalue weighted by Gasteiger charge is 2.17. The maximum atomic E-state index is 13.1. The number of phenols is 1. The predicted molar refractivity (Wildman–Crippen MR) is 121 cm³/mol. The van der Waals surface area contributed by atoms with Gasteiger partial charge in [0.25, 0.3) is 0 Å². The van der Waals surface area contributed by atoms with Crippen molar-refractivity contribution < 1.29 is 14.8 Å². The van der Waals surface area contributed by atoms with Gasteiger partial charge in [-0.15, -0.1) is 11.8 Å². The second-order valence-electron chi connectivity index (χ2n) is 6.27. The maximum absolute atomic E-state index is 13.1. The van der Waals surface area contributed by atoms with Crippen molar-refractivity contribution in [3.8, 4) is 5.75 Å². The van der Waals surface area contributed by atoms with E-state index in [4.69, 9.17) is 23.2 Å². The zero-order valence-electron chi connectivity index (χ0n) is 15.4. The normalized spacial score (nSPS) is 11.3. The topological polar surface area (TPSA) is 80.4 Å². The lowest BCUT2D eigenvalue weighted by Gasteiger charge is -2.08. The molecule has 3 aromatic carbocycles. The van der Waals surface area contributed by atoms with Gasteiger partial charge in [-0.1, -0.05) is 41.4 Å². The molecule has 0 heterocycles. The number of carbonyl (C=O) groups is 1. The van der Waals surface area contributed by atoms with E-state index in [0.717, 1.165) is 5.56 Å². The first-order valence-electron chi connectivity index (χ1n) is 8.70. The third-order valence-electron chi connectivity index (χ3n) is 4.13. The molecule has 0 spiro atoms. The van der Waals surface area contributed by atoms with E-state index in [9.17, 15) is 20.0 Å². The van der Waals surface area contributed by atoms with Crippen LogP contribution in [0.25, 0.3) is 6.08 Å². The molecule has 1 N–H and O–H groups in total. The van der Waals surface area contributed by atoms with E-state index in [1.807, 2.05) is 12.1 Å². The third-order valence-corrected chi connectivity index (χ3v) is 5.73. The number of rotatable bonds is 7. The van der Waals surface area contributed by atoms with Crippen LogP contribution in [-0.2, 0) is 5.75 Å². The van der Waals surface area contributed by atoms with Crippen LogP contribution in [0.1, 0.15) is 21.5 Å². The summed E-state index contributed by atoms with van der Waals surface area (Å²) in [5, 5.41) is 21.9. The molecule has 152 valence electrons. The average molecular weight is 460 g/mol. The molecule has 0 bridgehead atoms. The Hall–Kier alpha value is -2.80. The Bertz CT molecular complexity index is 1110. The van der Waals surface area contributed by atoms with Gasteiger partial charge in [-0.2, -0.15) is 0 Å². The van der Waals surface area contributed by atoms with Gasteiger partial charge in [-0.3, -0.25) is 14.9 Å². The first-order valence-corrected chi connectivity index (χ1v) is 10.4. The molecule has 0 fully saturated rings. The molecule has 0 amide bonds. The number of thioether (sulfide) groups is 1. The SMILES string of the molecule is O=C(/C(=C\c1ccc(O)c([N+](=O)[O-])c1)SCc1ccc(Cl)cc1)c1ccc(Cl)cc1. The van der Waals surface area contributed by atoms with Crippen LogP contribution in [0, 0.1) is 10.1 Å². The molecule has 0 saturated carbocycles. The van der Waals surface area contributed by atoms with Gasteiger partial charge in [0.15, 0.2) is 11.5 Å². The molecular weight excluding hydrogens is 445 g/mol. The average Bonchev–Trinajstić information content (AvgIpc) is 2.73. The number of benzene rings is 3. The number of Topliss-reactive ketones (excluding diaryl/α,β-unsaturated/α-hetero) is 1. The van der Waals surface area contributed by atoms with E-state index < -0.39 is 16.4 Å². The molecule has 30 heavy (non-hydrogen) atoms. The number of nitro benzene ring substituents is 1. The van der Waals surface area contributed by atoms with Gasteiger partial charge in [0, 0.05) is 27.4 Å². The van der Waals surface area contributed by atoms with Crippen LogP contribution in [0.5, 0.6) is 5.75 Å². The van der Waals surface area contributed by atoms with E-state index in [1.54, 1.807) is 42.5 Å². The van der Waals surface area contributed by atoms with Crippen LogP contribution in [0.3, 0.4) is 0 Å². The number of aromatic hydroxyl groups is 1. The first kappa shape index (κ1) is 21.9. The molecule has 0 unspecified atom stereocenters. The standard InChI is InChI=1S/C22H15Cl2NO4S/c23-17-6-1-14(2-7-17)13-30-21(22(27)16-4-8-18(24)9-5-16)12-15-3-10-20(26)19(11-15)25(28)29/h1-12,26H,13H2/b21-12+. The molecule has 0 aliphatic heterocycles. The van der Waals surface area contributed by atoms with Gasteiger partial charge in [0.1, 0.15) is 0 Å². The summed E-state index contributed by atoms with van der Waals surface area (Å²) in [6, 6.07) is 17.8. The fourth-order valence-corrected chi connectivity index (χ4v) is 3.82. The molecule has 0 radical (unpaired) electrons. The van der Waals surface area contributed by atoms with Crippen molar-refractivity contribution in [2.24, 2.45) is 0 Å². The monoisotopic (exact) mass is 459 g/mol. The van der Waals surface area contributed by atoms with Gasteiger partial charge in [0.05, 0.1) is 9.83 Å². The Labute approximate surface area is 187 Å². The molecule has 0 saturated heterocycles. The number of phenolic OH excluding ortho intramolecular Hbond substituents is 1. The van der Waals surface area contributed by atoms with Crippen molar-refractivity contribution in [2.75, 3.05) is 0 Å². The fraction of sp³-hybridized carbons (Fsp3) is 0.0455. The predicted octanol–water partition coefficient (Wildman–Crippen LogP) is 6.76. The van der Waals surface area contributed by atoms with Crippen molar-refractivity contribution in [3.63, 3.8) is 0 Å². The number of hydrogen-bond acceptors (Lipinski definition) is 5. The Balaban J connectivity index is 1.95. The minimum absolute atomic E-state index is 0.235. The Morgan fingerprint density at radius 1 is 1.00 bits per heavy atom. The Morgan fingerprint density at radius 3 is 2.20 bits per heavy atom. The lowest BCUT2D eigenvalue weighted by Crippen LogP contribution is -2.01. The lowest BCUT2D eigenvalue weighted by molar-refractivity contribution is -0.385. The maximum Gasteiger partial charge on any atom is 0.311 e. The number of ketones is 1. The number of carbonyl (C=O) groups excluding carboxylic acids is 1. The summed E-state index contributed by atoms with van der Waals surface area (Å²) < 4.78 is 0. The highest BCUT2D eigenvalue weighted by molar-refractivity contribution is 8.03. The van der Waals surface area contributed by atoms with Gasteiger partial charge >= 0.3 is 5.69 Å². The molecular formula is C22H15Cl2NO4S. The molecule has 0 atom stereocenters. The summed E-state index contributed by atoms with van der Waals surface area (Å²) in [6.07, 6.45) is 1.57. The van der Waals surface area contributed by atoms with Crippen LogP contribution in [0.4, 0.5) is 5.69 Å². The van der Waals surface area contributed by atoms with Crippen molar-refractivity contribution in [1.29, 1.82) is 0 Å². The lowest BCUT2D eigenvalue weighted by atomic mass is 10.1. The van der Waals surface area contributed by atoms with Crippen LogP contribution < -0.4 is 0 Å². The molecule has 0 aliphatic rings. The largest absolute Gasteiger partial charge is 0.502 e. The van der Waals surface area contributed by atoms with Gasteiger partial charge < -0.3 is 5.11 Å². The number of nitrogens with zero attached hydrogens (tertiary/aromatic N) is 1. The zero-order valence-corrected chi connectivity index (χ0v) is 17.7. The highest BCUT2D eigenvalue weighted by atomic mass is 35.5. The molecule has 0 aliphatic carbocycles. The van der Waals surface area contributed by atoms with Crippen molar-refractivity contribution in [1.82, 2.24) is 0 Å². The number of halogens is 2. The van der Waals surface area contributed by atoms with Crippen molar-refractivity contribution in [2.45, 2.75) is 5.75 Å². The Morgan fingerprint density at radius 2 is 1.60 bits per heavy atom. The number of hydrogen-bond donors (Lipinski definition) is 1. The van der Waals surface area contributed by atoms with E-state index in [0.29, 0.717) is 31.8 Å². The molecule has 3 aromatic rings. The van der Waals surface area contributed by atoms with E-state index in [2.05, 4.69) is 0 Å². The number of allylic oxidation sites excluding steroid dienone is 1. The van der Waals surface area contributed by atoms with Gasteiger partial charge in [0.2, 0.25) is 0 Å². The van der Waals surface area contributed by atoms with E-state index in [1.165, 1.54) is 30.0 Å². The van der Waals surface area contributed by atoms with Crippen LogP contribution in [-0.4, -0.2) is 15.8 Å². The second kappa shape index (κ2) is 9.80. The highest BCUT2D eigenvalue weighted by Crippen LogP contribution is 2.31. The fourth-order valence-electron chi connectivity index (χ4n) is 2.59. The van der Waals surface area contributed by atoms with E-state index >= 15 is 0 Å². The first-order chi connectivity index (χ1) is 14.3. The second-order valence-corrected chi connectivity index (χ2v) is 8.16. The van der Waals surface area contributed by atoms with E-state index in [-0.39, 0.29) is 5.78 Å². The molecule has 3 rings (SSSR count). The smallest absolute Gasteiger partial charge is 0.311 e.